The zero-order chi connectivity index (χ0) is 14.7. The van der Waals surface area contributed by atoms with E-state index in [0.29, 0.717) is 0 Å². The van der Waals surface area contributed by atoms with E-state index in [1.54, 1.807) is 0 Å². The maximum Gasteiger partial charge on any atom is 0.0120 e. The van der Waals surface area contributed by atoms with Crippen molar-refractivity contribution in [1.82, 2.24) is 15.1 Å². The topological polar surface area (TPSA) is 18.5 Å². The van der Waals surface area contributed by atoms with Crippen LogP contribution in [0, 0.1) is 11.8 Å². The lowest BCUT2D eigenvalue weighted by Crippen LogP contribution is -2.50. The van der Waals surface area contributed by atoms with Gasteiger partial charge in [0.2, 0.25) is 0 Å². The first kappa shape index (κ1) is 15.8. The third-order valence-corrected chi connectivity index (χ3v) is 5.62. The molecule has 2 aliphatic heterocycles. The fraction of sp³-hybridized carbons (Fsp3) is 1.00. The molecule has 0 aromatic rings. The molecule has 0 unspecified atom stereocenters. The van der Waals surface area contributed by atoms with Crippen LogP contribution in [0.4, 0.5) is 0 Å². The highest BCUT2D eigenvalue weighted by molar-refractivity contribution is 4.86. The van der Waals surface area contributed by atoms with Gasteiger partial charge in [0, 0.05) is 18.6 Å². The third kappa shape index (κ3) is 4.94. The predicted molar refractivity (Wildman–Crippen MR) is 89.6 cm³/mol. The summed E-state index contributed by atoms with van der Waals surface area (Å²) in [5.74, 6) is 1.84. The summed E-state index contributed by atoms with van der Waals surface area (Å²) in [6.07, 6.45) is 8.49. The first-order chi connectivity index (χ1) is 10.2. The van der Waals surface area contributed by atoms with Crippen molar-refractivity contribution < 1.29 is 0 Å². The van der Waals surface area contributed by atoms with Gasteiger partial charge in [0.15, 0.2) is 0 Å². The van der Waals surface area contributed by atoms with E-state index in [4.69, 9.17) is 0 Å². The third-order valence-electron chi connectivity index (χ3n) is 5.62. The molecule has 3 nitrogen and oxygen atoms in total. The molecular weight excluding hydrogens is 258 g/mol. The Kier molecular flexibility index (Phi) is 5.58. The Bertz CT molecular complexity index is 298. The lowest BCUT2D eigenvalue weighted by atomic mass is 9.97. The van der Waals surface area contributed by atoms with Crippen molar-refractivity contribution in [3.63, 3.8) is 0 Å². The minimum absolute atomic E-state index is 0.808. The van der Waals surface area contributed by atoms with Crippen LogP contribution in [0.15, 0.2) is 0 Å². The molecule has 0 bridgehead atoms. The summed E-state index contributed by atoms with van der Waals surface area (Å²) < 4.78 is 0. The largest absolute Gasteiger partial charge is 0.314 e. The van der Waals surface area contributed by atoms with E-state index in [-0.39, 0.29) is 0 Å². The molecule has 0 radical (unpaired) electrons. The van der Waals surface area contributed by atoms with Crippen LogP contribution in [0.25, 0.3) is 0 Å². The number of nitrogens with zero attached hydrogens (tertiary/aromatic N) is 2. The Hall–Kier alpha value is -0.120. The Morgan fingerprint density at radius 2 is 1.57 bits per heavy atom. The SMILES string of the molecule is CC(C)CN1CCC(N2CCC(NCC3CC3)CC2)CC1. The van der Waals surface area contributed by atoms with Gasteiger partial charge in [0.25, 0.3) is 0 Å². The molecule has 3 heteroatoms. The van der Waals surface area contributed by atoms with Crippen LogP contribution in [0.2, 0.25) is 0 Å². The van der Waals surface area contributed by atoms with Crippen LogP contribution in [0.1, 0.15) is 52.4 Å². The van der Waals surface area contributed by atoms with Crippen LogP contribution in [0.5, 0.6) is 0 Å². The smallest absolute Gasteiger partial charge is 0.0120 e. The standard InChI is InChI=1S/C18H35N3/c1-15(2)14-20-9-7-18(8-10-20)21-11-5-17(6-12-21)19-13-16-3-4-16/h15-19H,3-14H2,1-2H3. The molecule has 1 N–H and O–H groups in total. The fourth-order valence-corrected chi connectivity index (χ4v) is 4.11. The van der Waals surface area contributed by atoms with Gasteiger partial charge in [-0.25, -0.2) is 0 Å². The highest BCUT2D eigenvalue weighted by Gasteiger charge is 2.29. The average molecular weight is 293 g/mol. The van der Waals surface area contributed by atoms with Crippen molar-refractivity contribution >= 4 is 0 Å². The number of piperidine rings is 2. The molecule has 2 heterocycles. The van der Waals surface area contributed by atoms with E-state index >= 15 is 0 Å². The molecule has 3 fully saturated rings. The molecular formula is C18H35N3. The van der Waals surface area contributed by atoms with Gasteiger partial charge in [-0.3, -0.25) is 0 Å². The quantitative estimate of drug-likeness (QED) is 0.812. The number of rotatable bonds is 6. The van der Waals surface area contributed by atoms with Crippen LogP contribution < -0.4 is 5.32 Å². The lowest BCUT2D eigenvalue weighted by Gasteiger charge is -2.42. The summed E-state index contributed by atoms with van der Waals surface area (Å²) >= 11 is 0. The second-order valence-corrected chi connectivity index (χ2v) is 8.09. The fourth-order valence-electron chi connectivity index (χ4n) is 4.11. The van der Waals surface area contributed by atoms with Gasteiger partial charge in [0.05, 0.1) is 0 Å². The van der Waals surface area contributed by atoms with Gasteiger partial charge in [-0.1, -0.05) is 13.8 Å². The summed E-state index contributed by atoms with van der Waals surface area (Å²) in [5.41, 5.74) is 0. The van der Waals surface area contributed by atoms with Crippen molar-refractivity contribution in [2.45, 2.75) is 64.5 Å². The number of likely N-dealkylation sites (tertiary alicyclic amines) is 2. The van der Waals surface area contributed by atoms with Crippen LogP contribution >= 0.6 is 0 Å². The van der Waals surface area contributed by atoms with Crippen molar-refractivity contribution in [3.05, 3.63) is 0 Å². The summed E-state index contributed by atoms with van der Waals surface area (Å²) in [5, 5.41) is 3.80. The Labute approximate surface area is 131 Å². The zero-order valence-electron chi connectivity index (χ0n) is 14.2. The van der Waals surface area contributed by atoms with Crippen molar-refractivity contribution in [3.8, 4) is 0 Å². The summed E-state index contributed by atoms with van der Waals surface area (Å²) in [4.78, 5) is 5.47. The molecule has 0 aromatic carbocycles. The summed E-state index contributed by atoms with van der Waals surface area (Å²) in [6, 6.07) is 1.68. The van der Waals surface area contributed by atoms with Crippen molar-refractivity contribution in [2.24, 2.45) is 11.8 Å². The Morgan fingerprint density at radius 1 is 0.905 bits per heavy atom. The van der Waals surface area contributed by atoms with Crippen LogP contribution in [-0.2, 0) is 0 Å². The Morgan fingerprint density at radius 3 is 2.14 bits per heavy atom. The van der Waals surface area contributed by atoms with Gasteiger partial charge in [-0.15, -0.1) is 0 Å². The normalized spacial score (nSPS) is 27.6. The molecule has 2 saturated heterocycles. The zero-order valence-corrected chi connectivity index (χ0v) is 14.2. The molecule has 0 amide bonds. The minimum Gasteiger partial charge on any atom is -0.314 e. The maximum absolute atomic E-state index is 3.80. The highest BCUT2D eigenvalue weighted by Crippen LogP contribution is 2.28. The maximum atomic E-state index is 3.80. The molecule has 0 spiro atoms. The van der Waals surface area contributed by atoms with Gasteiger partial charge >= 0.3 is 0 Å². The van der Waals surface area contributed by atoms with Crippen LogP contribution in [0.3, 0.4) is 0 Å². The molecule has 0 aromatic heterocycles. The van der Waals surface area contributed by atoms with Gasteiger partial charge in [-0.2, -0.15) is 0 Å². The molecule has 3 aliphatic rings. The lowest BCUT2D eigenvalue weighted by molar-refractivity contribution is 0.0794. The van der Waals surface area contributed by atoms with Gasteiger partial charge < -0.3 is 15.1 Å². The van der Waals surface area contributed by atoms with E-state index in [1.807, 2.05) is 0 Å². The molecule has 122 valence electrons. The molecule has 21 heavy (non-hydrogen) atoms. The van der Waals surface area contributed by atoms with Gasteiger partial charge in [0.1, 0.15) is 0 Å². The Balaban J connectivity index is 1.33. The summed E-state index contributed by atoms with van der Waals surface area (Å²) in [6.45, 7) is 12.6. The van der Waals surface area contributed by atoms with Crippen molar-refractivity contribution in [2.75, 3.05) is 39.3 Å². The monoisotopic (exact) mass is 293 g/mol. The molecule has 1 aliphatic carbocycles. The number of nitrogens with one attached hydrogen (secondary N) is 1. The van der Waals surface area contributed by atoms with Gasteiger partial charge in [-0.05, 0) is 83.1 Å². The second-order valence-electron chi connectivity index (χ2n) is 8.09. The molecule has 0 atom stereocenters. The average Bonchev–Trinajstić information content (AvgIpc) is 3.30. The van der Waals surface area contributed by atoms with Crippen LogP contribution in [-0.4, -0.2) is 61.2 Å². The first-order valence-electron chi connectivity index (χ1n) is 9.40. The number of hydrogen-bond donors (Lipinski definition) is 1. The highest BCUT2D eigenvalue weighted by atomic mass is 15.2. The van der Waals surface area contributed by atoms with Crippen molar-refractivity contribution in [1.29, 1.82) is 0 Å². The van der Waals surface area contributed by atoms with E-state index in [9.17, 15) is 0 Å². The van der Waals surface area contributed by atoms with E-state index in [0.717, 1.165) is 23.9 Å². The molecule has 3 rings (SSSR count). The first-order valence-corrected chi connectivity index (χ1v) is 9.40. The number of hydrogen-bond acceptors (Lipinski definition) is 3. The van der Waals surface area contributed by atoms with E-state index < -0.39 is 0 Å². The predicted octanol–water partition coefficient (Wildman–Crippen LogP) is 2.57. The minimum atomic E-state index is 0.808. The molecule has 1 saturated carbocycles. The van der Waals surface area contributed by atoms with E-state index in [1.165, 1.54) is 77.8 Å². The summed E-state index contributed by atoms with van der Waals surface area (Å²) in [7, 11) is 0. The van der Waals surface area contributed by atoms with E-state index in [2.05, 4.69) is 29.0 Å². The second kappa shape index (κ2) is 7.43.